The van der Waals surface area contributed by atoms with Gasteiger partial charge >= 0.3 is 0 Å². The van der Waals surface area contributed by atoms with Crippen molar-refractivity contribution >= 4 is 40.9 Å². The molecule has 4 aromatic rings. The Morgan fingerprint density at radius 3 is 2.21 bits per heavy atom. The molecule has 2 amide bonds. The van der Waals surface area contributed by atoms with Gasteiger partial charge in [-0.1, -0.05) is 30.3 Å². The maximum Gasteiger partial charge on any atom is 0.270 e. The van der Waals surface area contributed by atoms with Gasteiger partial charge in [0.2, 0.25) is 0 Å². The highest BCUT2D eigenvalue weighted by Gasteiger charge is 2.34. The van der Waals surface area contributed by atoms with Crippen molar-refractivity contribution in [3.8, 4) is 17.2 Å². The van der Waals surface area contributed by atoms with Crippen molar-refractivity contribution in [1.29, 1.82) is 0 Å². The van der Waals surface area contributed by atoms with E-state index in [4.69, 9.17) is 17.0 Å². The Balaban J connectivity index is 1.41. The molecule has 5 rings (SSSR count). The number of benzene rings is 3. The first-order valence-corrected chi connectivity index (χ1v) is 11.0. The van der Waals surface area contributed by atoms with Gasteiger partial charge in [0.1, 0.15) is 17.1 Å². The number of amides is 2. The van der Waals surface area contributed by atoms with Crippen LogP contribution in [-0.4, -0.2) is 21.5 Å². The number of nitrogens with zero attached hydrogens (tertiary/aromatic N) is 2. The lowest BCUT2D eigenvalue weighted by Gasteiger charge is -2.29. The van der Waals surface area contributed by atoms with E-state index >= 15 is 0 Å². The van der Waals surface area contributed by atoms with Gasteiger partial charge in [-0.25, -0.2) is 0 Å². The van der Waals surface area contributed by atoms with E-state index in [0.29, 0.717) is 17.2 Å². The lowest BCUT2D eigenvalue weighted by molar-refractivity contribution is -0.122. The van der Waals surface area contributed by atoms with Crippen LogP contribution in [0.3, 0.4) is 0 Å². The van der Waals surface area contributed by atoms with E-state index in [0.717, 1.165) is 11.3 Å². The van der Waals surface area contributed by atoms with Crippen LogP contribution in [0.2, 0.25) is 0 Å². The standard InChI is InChI=1S/C27H19N3O3S/c31-25-24(18-19-7-6-8-21(17-19)29-15-4-5-16-29)26(32)30(27(34)28-25)20-11-13-23(14-12-20)33-22-9-2-1-3-10-22/h1-18H,(H,28,31,34)/b24-18-. The van der Waals surface area contributed by atoms with Crippen molar-refractivity contribution in [2.24, 2.45) is 0 Å². The third kappa shape index (κ3) is 4.37. The number of ether oxygens (including phenoxy) is 1. The zero-order valence-electron chi connectivity index (χ0n) is 17.9. The molecule has 2 heterocycles. The maximum atomic E-state index is 13.3. The Hall–Kier alpha value is -4.49. The van der Waals surface area contributed by atoms with Crippen LogP contribution >= 0.6 is 12.2 Å². The number of thiocarbonyl (C=S) groups is 1. The van der Waals surface area contributed by atoms with E-state index in [9.17, 15) is 9.59 Å². The first-order valence-electron chi connectivity index (χ1n) is 10.6. The number of hydrogen-bond donors (Lipinski definition) is 1. The summed E-state index contributed by atoms with van der Waals surface area (Å²) in [7, 11) is 0. The number of rotatable bonds is 5. The summed E-state index contributed by atoms with van der Waals surface area (Å²) < 4.78 is 7.76. The first kappa shape index (κ1) is 21.4. The normalized spacial score (nSPS) is 14.9. The summed E-state index contributed by atoms with van der Waals surface area (Å²) in [6.45, 7) is 0. The lowest BCUT2D eigenvalue weighted by atomic mass is 10.1. The van der Waals surface area contributed by atoms with E-state index in [-0.39, 0.29) is 10.7 Å². The molecule has 1 N–H and O–H groups in total. The number of carbonyl (C=O) groups is 2. The summed E-state index contributed by atoms with van der Waals surface area (Å²) in [5, 5.41) is 2.65. The van der Waals surface area contributed by atoms with Gasteiger partial charge in [-0.15, -0.1) is 0 Å². The van der Waals surface area contributed by atoms with Gasteiger partial charge in [-0.05, 0) is 84.5 Å². The minimum Gasteiger partial charge on any atom is -0.457 e. The van der Waals surface area contributed by atoms with Crippen LogP contribution in [0.1, 0.15) is 5.56 Å². The fraction of sp³-hybridized carbons (Fsp3) is 0. The summed E-state index contributed by atoms with van der Waals surface area (Å²) >= 11 is 5.30. The summed E-state index contributed by atoms with van der Waals surface area (Å²) in [6.07, 6.45) is 5.43. The molecule has 0 aliphatic carbocycles. The first-order chi connectivity index (χ1) is 16.6. The van der Waals surface area contributed by atoms with E-state index in [2.05, 4.69) is 5.32 Å². The second-order valence-corrected chi connectivity index (χ2v) is 7.94. The average Bonchev–Trinajstić information content (AvgIpc) is 3.39. The Kier molecular flexibility index (Phi) is 5.76. The monoisotopic (exact) mass is 465 g/mol. The molecule has 34 heavy (non-hydrogen) atoms. The highest BCUT2D eigenvalue weighted by molar-refractivity contribution is 7.80. The van der Waals surface area contributed by atoms with Crippen molar-refractivity contribution in [2.75, 3.05) is 4.90 Å². The number of carbonyl (C=O) groups excluding carboxylic acids is 2. The number of aromatic nitrogens is 1. The molecule has 166 valence electrons. The molecule has 0 atom stereocenters. The highest BCUT2D eigenvalue weighted by Crippen LogP contribution is 2.27. The fourth-order valence-corrected chi connectivity index (χ4v) is 3.91. The van der Waals surface area contributed by atoms with Gasteiger partial charge < -0.3 is 9.30 Å². The maximum absolute atomic E-state index is 13.3. The third-order valence-electron chi connectivity index (χ3n) is 5.26. The quantitative estimate of drug-likeness (QED) is 0.253. The minimum absolute atomic E-state index is 0.00266. The second kappa shape index (κ2) is 9.17. The molecule has 1 aromatic heterocycles. The average molecular weight is 466 g/mol. The molecule has 0 unspecified atom stereocenters. The summed E-state index contributed by atoms with van der Waals surface area (Å²) in [6, 6.07) is 27.8. The number of anilines is 1. The molecule has 1 aliphatic heterocycles. The zero-order chi connectivity index (χ0) is 23.5. The van der Waals surface area contributed by atoms with Crippen LogP contribution < -0.4 is 15.0 Å². The van der Waals surface area contributed by atoms with E-state index in [1.165, 1.54) is 4.90 Å². The number of nitrogens with one attached hydrogen (secondary N) is 1. The molecule has 0 saturated carbocycles. The molecule has 1 fully saturated rings. The predicted octanol–water partition coefficient (Wildman–Crippen LogP) is 5.10. The molecule has 6 nitrogen and oxygen atoms in total. The van der Waals surface area contributed by atoms with Crippen LogP contribution in [0.25, 0.3) is 11.8 Å². The SMILES string of the molecule is O=C1NC(=S)N(c2ccc(Oc3ccccc3)cc2)C(=O)/C1=C\c1cccc(-n2cccc2)c1. The van der Waals surface area contributed by atoms with Gasteiger partial charge in [0, 0.05) is 18.1 Å². The zero-order valence-corrected chi connectivity index (χ0v) is 18.7. The molecule has 1 saturated heterocycles. The van der Waals surface area contributed by atoms with Gasteiger partial charge in [-0.2, -0.15) is 0 Å². The third-order valence-corrected chi connectivity index (χ3v) is 5.54. The molecule has 0 radical (unpaired) electrons. The van der Waals surface area contributed by atoms with Gasteiger partial charge in [0.25, 0.3) is 11.8 Å². The van der Waals surface area contributed by atoms with Crippen LogP contribution in [0, 0.1) is 0 Å². The topological polar surface area (TPSA) is 63.6 Å². The van der Waals surface area contributed by atoms with Crippen molar-refractivity contribution in [3.05, 3.63) is 115 Å². The Morgan fingerprint density at radius 1 is 0.765 bits per heavy atom. The Bertz CT molecular complexity index is 1390. The Labute approximate surface area is 201 Å². The molecule has 1 aliphatic rings. The lowest BCUT2D eigenvalue weighted by Crippen LogP contribution is -2.54. The highest BCUT2D eigenvalue weighted by atomic mass is 32.1. The summed E-state index contributed by atoms with van der Waals surface area (Å²) in [5.41, 5.74) is 2.18. The van der Waals surface area contributed by atoms with Crippen molar-refractivity contribution in [2.45, 2.75) is 0 Å². The smallest absolute Gasteiger partial charge is 0.270 e. The predicted molar refractivity (Wildman–Crippen MR) is 135 cm³/mol. The molecule has 0 spiro atoms. The molecular formula is C27H19N3O3S. The van der Waals surface area contributed by atoms with Crippen molar-refractivity contribution < 1.29 is 14.3 Å². The van der Waals surface area contributed by atoms with E-state index in [1.54, 1.807) is 30.3 Å². The molecule has 7 heteroatoms. The molecular weight excluding hydrogens is 446 g/mol. The van der Waals surface area contributed by atoms with Crippen molar-refractivity contribution in [3.63, 3.8) is 0 Å². The largest absolute Gasteiger partial charge is 0.457 e. The minimum atomic E-state index is -0.526. The molecule has 0 bridgehead atoms. The van der Waals surface area contributed by atoms with Crippen molar-refractivity contribution in [1.82, 2.24) is 9.88 Å². The van der Waals surface area contributed by atoms with Gasteiger partial charge in [0.15, 0.2) is 5.11 Å². The van der Waals surface area contributed by atoms with Crippen LogP contribution in [-0.2, 0) is 9.59 Å². The van der Waals surface area contributed by atoms with E-state index < -0.39 is 11.8 Å². The number of para-hydroxylation sites is 1. The van der Waals surface area contributed by atoms with Crippen LogP contribution in [0.4, 0.5) is 5.69 Å². The fourth-order valence-electron chi connectivity index (χ4n) is 3.63. The summed E-state index contributed by atoms with van der Waals surface area (Å²) in [4.78, 5) is 27.3. The van der Waals surface area contributed by atoms with Crippen LogP contribution in [0.15, 0.2) is 109 Å². The second-order valence-electron chi connectivity index (χ2n) is 7.55. The van der Waals surface area contributed by atoms with Crippen LogP contribution in [0.5, 0.6) is 11.5 Å². The number of hydrogen-bond acceptors (Lipinski definition) is 4. The van der Waals surface area contributed by atoms with Gasteiger partial charge in [-0.3, -0.25) is 19.8 Å². The Morgan fingerprint density at radius 2 is 1.47 bits per heavy atom. The van der Waals surface area contributed by atoms with E-state index in [1.807, 2.05) is 83.7 Å². The van der Waals surface area contributed by atoms with Gasteiger partial charge in [0.05, 0.1) is 5.69 Å². The summed E-state index contributed by atoms with van der Waals surface area (Å²) in [5.74, 6) is 0.310. The molecule has 3 aromatic carbocycles.